The molecule has 0 bridgehead atoms. The van der Waals surface area contributed by atoms with Crippen molar-refractivity contribution >= 4 is 0 Å². The lowest BCUT2D eigenvalue weighted by Gasteiger charge is -2.27. The fourth-order valence-corrected chi connectivity index (χ4v) is 2.25. The topological polar surface area (TPSA) is 68.2 Å². The molecule has 1 fully saturated rings. The molecule has 1 aromatic rings. The van der Waals surface area contributed by atoms with Gasteiger partial charge < -0.3 is 15.2 Å². The zero-order chi connectivity index (χ0) is 12.1. The van der Waals surface area contributed by atoms with Gasteiger partial charge in [0.05, 0.1) is 0 Å². The standard InChI is InChI=1S/C12H22N4O/c1-16-7-4-10(5-8-16)9-11-14-12(17-15-11)3-2-6-13/h10H,2-9,13H2,1H3. The number of piperidine rings is 1. The first-order chi connectivity index (χ1) is 8.28. The van der Waals surface area contributed by atoms with E-state index >= 15 is 0 Å². The molecule has 0 amide bonds. The maximum Gasteiger partial charge on any atom is 0.226 e. The lowest BCUT2D eigenvalue weighted by atomic mass is 9.94. The van der Waals surface area contributed by atoms with Crippen LogP contribution >= 0.6 is 0 Å². The molecule has 0 aliphatic carbocycles. The highest BCUT2D eigenvalue weighted by atomic mass is 16.5. The minimum Gasteiger partial charge on any atom is -0.339 e. The van der Waals surface area contributed by atoms with Crippen molar-refractivity contribution in [1.82, 2.24) is 15.0 Å². The van der Waals surface area contributed by atoms with E-state index in [-0.39, 0.29) is 0 Å². The van der Waals surface area contributed by atoms with Gasteiger partial charge in [-0.15, -0.1) is 0 Å². The Labute approximate surface area is 102 Å². The Bertz CT molecular complexity index is 331. The molecule has 1 aliphatic rings. The van der Waals surface area contributed by atoms with E-state index in [1.807, 2.05) is 0 Å². The molecular formula is C12H22N4O. The minimum absolute atomic E-state index is 0.673. The van der Waals surface area contributed by atoms with Gasteiger partial charge >= 0.3 is 0 Å². The Morgan fingerprint density at radius 2 is 2.18 bits per heavy atom. The van der Waals surface area contributed by atoms with Crippen molar-refractivity contribution in [1.29, 1.82) is 0 Å². The first-order valence-corrected chi connectivity index (χ1v) is 6.48. The van der Waals surface area contributed by atoms with Crippen LogP contribution in [0, 0.1) is 5.92 Å². The van der Waals surface area contributed by atoms with Crippen LogP contribution in [-0.4, -0.2) is 41.7 Å². The molecule has 5 heteroatoms. The number of aromatic nitrogens is 2. The molecular weight excluding hydrogens is 216 g/mol. The second-order valence-corrected chi connectivity index (χ2v) is 4.95. The third-order valence-electron chi connectivity index (χ3n) is 3.41. The molecule has 1 aliphatic heterocycles. The second kappa shape index (κ2) is 6.12. The molecule has 2 rings (SSSR count). The SMILES string of the molecule is CN1CCC(Cc2noc(CCCN)n2)CC1. The molecule has 2 N–H and O–H groups in total. The van der Waals surface area contributed by atoms with Crippen molar-refractivity contribution in [3.05, 3.63) is 11.7 Å². The summed E-state index contributed by atoms with van der Waals surface area (Å²) in [5, 5.41) is 4.04. The van der Waals surface area contributed by atoms with E-state index in [0.29, 0.717) is 12.5 Å². The van der Waals surface area contributed by atoms with Gasteiger partial charge in [-0.1, -0.05) is 5.16 Å². The van der Waals surface area contributed by atoms with Gasteiger partial charge in [0.15, 0.2) is 5.82 Å². The Morgan fingerprint density at radius 1 is 1.41 bits per heavy atom. The Morgan fingerprint density at radius 3 is 2.88 bits per heavy atom. The van der Waals surface area contributed by atoms with E-state index in [4.69, 9.17) is 10.3 Å². The average molecular weight is 238 g/mol. The Balaban J connectivity index is 1.80. The fraction of sp³-hybridized carbons (Fsp3) is 0.833. The van der Waals surface area contributed by atoms with E-state index in [0.717, 1.165) is 31.0 Å². The molecule has 1 aromatic heterocycles. The van der Waals surface area contributed by atoms with E-state index in [1.165, 1.54) is 25.9 Å². The van der Waals surface area contributed by atoms with Gasteiger partial charge in [-0.25, -0.2) is 0 Å². The predicted octanol–water partition coefficient (Wildman–Crippen LogP) is 0.845. The lowest BCUT2D eigenvalue weighted by molar-refractivity contribution is 0.216. The highest BCUT2D eigenvalue weighted by Crippen LogP contribution is 2.19. The molecule has 0 spiro atoms. The van der Waals surface area contributed by atoms with Gasteiger partial charge in [0.25, 0.3) is 0 Å². The number of likely N-dealkylation sites (tertiary alicyclic amines) is 1. The van der Waals surface area contributed by atoms with Crippen LogP contribution in [0.5, 0.6) is 0 Å². The van der Waals surface area contributed by atoms with Crippen LogP contribution in [0.4, 0.5) is 0 Å². The zero-order valence-electron chi connectivity index (χ0n) is 10.6. The van der Waals surface area contributed by atoms with Crippen molar-refractivity contribution in [2.24, 2.45) is 11.7 Å². The summed E-state index contributed by atoms with van der Waals surface area (Å²) >= 11 is 0. The van der Waals surface area contributed by atoms with Gasteiger partial charge in [-0.3, -0.25) is 0 Å². The normalized spacial score (nSPS) is 18.7. The summed E-state index contributed by atoms with van der Waals surface area (Å²) in [7, 11) is 2.18. The summed E-state index contributed by atoms with van der Waals surface area (Å²) in [6.07, 6.45) is 5.15. The van der Waals surface area contributed by atoms with Crippen molar-refractivity contribution in [3.63, 3.8) is 0 Å². The molecule has 0 saturated carbocycles. The number of hydrogen-bond acceptors (Lipinski definition) is 5. The zero-order valence-corrected chi connectivity index (χ0v) is 10.6. The molecule has 0 radical (unpaired) electrons. The van der Waals surface area contributed by atoms with Gasteiger partial charge in [-0.05, 0) is 51.9 Å². The number of nitrogens with zero attached hydrogens (tertiary/aromatic N) is 3. The molecule has 0 unspecified atom stereocenters. The van der Waals surface area contributed by atoms with Crippen LogP contribution in [0.25, 0.3) is 0 Å². The van der Waals surface area contributed by atoms with Gasteiger partial charge in [0.1, 0.15) is 0 Å². The Kier molecular flexibility index (Phi) is 4.50. The number of hydrogen-bond donors (Lipinski definition) is 1. The van der Waals surface area contributed by atoms with E-state index in [2.05, 4.69) is 22.1 Å². The summed E-state index contributed by atoms with van der Waals surface area (Å²) in [6, 6.07) is 0. The van der Waals surface area contributed by atoms with Crippen molar-refractivity contribution in [2.75, 3.05) is 26.7 Å². The number of aryl methyl sites for hydroxylation is 1. The number of rotatable bonds is 5. The van der Waals surface area contributed by atoms with Crippen molar-refractivity contribution in [3.8, 4) is 0 Å². The smallest absolute Gasteiger partial charge is 0.226 e. The lowest BCUT2D eigenvalue weighted by Crippen LogP contribution is -2.31. The Hall–Kier alpha value is -0.940. The van der Waals surface area contributed by atoms with Crippen molar-refractivity contribution < 1.29 is 4.52 Å². The van der Waals surface area contributed by atoms with E-state index in [1.54, 1.807) is 0 Å². The first-order valence-electron chi connectivity index (χ1n) is 6.48. The van der Waals surface area contributed by atoms with Crippen LogP contribution in [0.2, 0.25) is 0 Å². The quantitative estimate of drug-likeness (QED) is 0.823. The first kappa shape index (κ1) is 12.5. The van der Waals surface area contributed by atoms with Gasteiger partial charge in [0, 0.05) is 12.8 Å². The van der Waals surface area contributed by atoms with Crippen LogP contribution in [0.15, 0.2) is 4.52 Å². The summed E-state index contributed by atoms with van der Waals surface area (Å²) in [4.78, 5) is 6.79. The second-order valence-electron chi connectivity index (χ2n) is 4.95. The molecule has 96 valence electrons. The molecule has 0 atom stereocenters. The molecule has 2 heterocycles. The molecule has 5 nitrogen and oxygen atoms in total. The van der Waals surface area contributed by atoms with E-state index < -0.39 is 0 Å². The minimum atomic E-state index is 0.673. The van der Waals surface area contributed by atoms with Crippen LogP contribution in [0.1, 0.15) is 31.0 Å². The van der Waals surface area contributed by atoms with Crippen LogP contribution < -0.4 is 5.73 Å². The third kappa shape index (κ3) is 3.78. The maximum absolute atomic E-state index is 5.45. The summed E-state index contributed by atoms with van der Waals surface area (Å²) in [6.45, 7) is 3.04. The van der Waals surface area contributed by atoms with E-state index in [9.17, 15) is 0 Å². The van der Waals surface area contributed by atoms with Gasteiger partial charge in [0.2, 0.25) is 5.89 Å². The van der Waals surface area contributed by atoms with Crippen LogP contribution in [-0.2, 0) is 12.8 Å². The largest absolute Gasteiger partial charge is 0.339 e. The third-order valence-corrected chi connectivity index (χ3v) is 3.41. The number of nitrogens with two attached hydrogens (primary N) is 1. The molecule has 17 heavy (non-hydrogen) atoms. The predicted molar refractivity (Wildman–Crippen MR) is 65.6 cm³/mol. The average Bonchev–Trinajstić information content (AvgIpc) is 2.77. The summed E-state index contributed by atoms with van der Waals surface area (Å²) in [5.41, 5.74) is 5.45. The summed E-state index contributed by atoms with van der Waals surface area (Å²) in [5.74, 6) is 2.32. The molecule has 1 saturated heterocycles. The highest BCUT2D eigenvalue weighted by molar-refractivity contribution is 4.89. The van der Waals surface area contributed by atoms with Crippen molar-refractivity contribution in [2.45, 2.75) is 32.1 Å². The summed E-state index contributed by atoms with van der Waals surface area (Å²) < 4.78 is 5.20. The maximum atomic E-state index is 5.45. The van der Waals surface area contributed by atoms with Gasteiger partial charge in [-0.2, -0.15) is 4.98 Å². The highest BCUT2D eigenvalue weighted by Gasteiger charge is 2.19. The van der Waals surface area contributed by atoms with Crippen LogP contribution in [0.3, 0.4) is 0 Å². The fourth-order valence-electron chi connectivity index (χ4n) is 2.25. The molecule has 0 aromatic carbocycles. The monoisotopic (exact) mass is 238 g/mol.